The lowest BCUT2D eigenvalue weighted by atomic mass is 9.73. The van der Waals surface area contributed by atoms with Gasteiger partial charge in [-0.05, 0) is 101 Å². The molecule has 0 amide bonds. The maximum Gasteiger partial charge on any atom is 0.306 e. The van der Waals surface area contributed by atoms with Crippen molar-refractivity contribution in [3.05, 3.63) is 24.3 Å². The summed E-state index contributed by atoms with van der Waals surface area (Å²) in [7, 11) is 4.28. The van der Waals surface area contributed by atoms with Gasteiger partial charge < -0.3 is 19.1 Å². The van der Waals surface area contributed by atoms with Gasteiger partial charge in [0.25, 0.3) is 0 Å². The summed E-state index contributed by atoms with van der Waals surface area (Å²) < 4.78 is 17.1. The molecule has 0 aromatic rings. The fourth-order valence-corrected chi connectivity index (χ4v) is 8.33. The van der Waals surface area contributed by atoms with E-state index >= 15 is 0 Å². The van der Waals surface area contributed by atoms with Gasteiger partial charge in [-0.2, -0.15) is 0 Å². The first-order valence-electron chi connectivity index (χ1n) is 22.7. The van der Waals surface area contributed by atoms with Gasteiger partial charge in [0.2, 0.25) is 0 Å². The highest BCUT2D eigenvalue weighted by molar-refractivity contribution is 7.80. The number of carbonyl (C=O) groups is 2. The predicted molar refractivity (Wildman–Crippen MR) is 240 cm³/mol. The Morgan fingerprint density at radius 3 is 1.47 bits per heavy atom. The van der Waals surface area contributed by atoms with Gasteiger partial charge in [-0.3, -0.25) is 9.59 Å². The Balaban J connectivity index is 4.55. The first-order valence-corrected chi connectivity index (χ1v) is 23.1. The van der Waals surface area contributed by atoms with Crippen molar-refractivity contribution in [3.8, 4) is 0 Å². The highest BCUT2D eigenvalue weighted by atomic mass is 32.1. The van der Waals surface area contributed by atoms with Gasteiger partial charge in [0.15, 0.2) is 5.05 Å². The van der Waals surface area contributed by atoms with E-state index in [9.17, 15) is 9.59 Å². The van der Waals surface area contributed by atoms with Gasteiger partial charge in [-0.15, -0.1) is 0 Å². The maximum atomic E-state index is 12.1. The molecule has 0 aromatic carbocycles. The minimum atomic E-state index is -0.0792. The van der Waals surface area contributed by atoms with Crippen molar-refractivity contribution in [1.29, 1.82) is 0 Å². The van der Waals surface area contributed by atoms with Crippen molar-refractivity contribution >= 4 is 29.2 Å². The van der Waals surface area contributed by atoms with Gasteiger partial charge in [0.05, 0.1) is 6.61 Å². The first kappa shape index (κ1) is 53.3. The van der Waals surface area contributed by atoms with Crippen LogP contribution in [0, 0.1) is 16.7 Å². The van der Waals surface area contributed by atoms with E-state index in [4.69, 9.17) is 26.4 Å². The van der Waals surface area contributed by atoms with Gasteiger partial charge in [0.1, 0.15) is 13.2 Å². The van der Waals surface area contributed by atoms with E-state index in [1.807, 2.05) is 12.2 Å². The summed E-state index contributed by atoms with van der Waals surface area (Å²) >= 11 is 5.81. The van der Waals surface area contributed by atoms with Gasteiger partial charge in [-0.1, -0.05) is 156 Å². The molecule has 0 atom stereocenters. The molecule has 7 heteroatoms. The highest BCUT2D eigenvalue weighted by Gasteiger charge is 2.30. The Labute approximate surface area is 346 Å². The Kier molecular flexibility index (Phi) is 34.3. The molecular formula is C48H89NO5S. The van der Waals surface area contributed by atoms with Crippen molar-refractivity contribution in [3.63, 3.8) is 0 Å². The molecule has 0 N–H and O–H groups in total. The van der Waals surface area contributed by atoms with Crippen LogP contribution in [0.15, 0.2) is 24.3 Å². The number of thiocarbonyl (C=S) groups is 1. The number of hydrogen-bond acceptors (Lipinski definition) is 7. The van der Waals surface area contributed by atoms with Crippen LogP contribution in [0.4, 0.5) is 0 Å². The minimum absolute atomic E-state index is 0.0792. The number of esters is 2. The normalized spacial score (nSPS) is 12.9. The molecule has 0 bridgehead atoms. The number of allylic oxidation sites excluding steroid dienone is 2. The molecule has 0 spiro atoms. The highest BCUT2D eigenvalue weighted by Crippen LogP contribution is 2.37. The van der Waals surface area contributed by atoms with E-state index in [0.717, 1.165) is 88.6 Å². The first-order chi connectivity index (χ1) is 26.3. The van der Waals surface area contributed by atoms with Gasteiger partial charge in [-0.25, -0.2) is 0 Å². The fourth-order valence-electron chi connectivity index (χ4n) is 7.88. The molecule has 55 heavy (non-hydrogen) atoms. The van der Waals surface area contributed by atoms with E-state index < -0.39 is 0 Å². The molecule has 0 radical (unpaired) electrons. The molecule has 0 aliphatic heterocycles. The van der Waals surface area contributed by atoms with E-state index in [-0.39, 0.29) is 22.8 Å². The third-order valence-electron chi connectivity index (χ3n) is 10.3. The third-order valence-corrected chi connectivity index (χ3v) is 10.5. The van der Waals surface area contributed by atoms with Crippen LogP contribution in [0.1, 0.15) is 208 Å². The number of hydrogen-bond donors (Lipinski definition) is 0. The second kappa shape index (κ2) is 35.4. The molecule has 0 unspecified atom stereocenters. The predicted octanol–water partition coefficient (Wildman–Crippen LogP) is 13.9. The number of nitrogens with zero attached hydrogens (tertiary/aromatic N) is 1. The van der Waals surface area contributed by atoms with Gasteiger partial charge >= 0.3 is 11.9 Å². The summed E-state index contributed by atoms with van der Waals surface area (Å²) in [5.74, 6) is 0.337. The number of rotatable bonds is 38. The topological polar surface area (TPSA) is 65.1 Å². The van der Waals surface area contributed by atoms with E-state index in [2.05, 4.69) is 72.7 Å². The Morgan fingerprint density at radius 1 is 0.582 bits per heavy atom. The molecular weight excluding hydrogens is 703 g/mol. The quantitative estimate of drug-likeness (QED) is 0.0267. The van der Waals surface area contributed by atoms with Crippen LogP contribution in [0.5, 0.6) is 0 Å². The van der Waals surface area contributed by atoms with Crippen molar-refractivity contribution in [2.45, 2.75) is 208 Å². The number of unbranched alkanes of at least 4 members (excludes halogenated alkanes) is 16. The van der Waals surface area contributed by atoms with Crippen LogP contribution < -0.4 is 0 Å². The maximum absolute atomic E-state index is 12.1. The number of carbonyl (C=O) groups excluding carboxylic acids is 2. The third kappa shape index (κ3) is 37.6. The Bertz CT molecular complexity index is 952. The average molecular weight is 792 g/mol. The lowest BCUT2D eigenvalue weighted by Gasteiger charge is -2.36. The molecule has 6 nitrogen and oxygen atoms in total. The van der Waals surface area contributed by atoms with Crippen LogP contribution in [0.3, 0.4) is 0 Å². The summed E-state index contributed by atoms with van der Waals surface area (Å²) in [6.07, 6.45) is 36.6. The zero-order valence-electron chi connectivity index (χ0n) is 37.5. The molecule has 0 aliphatic rings. The molecule has 0 heterocycles. The molecule has 0 saturated carbocycles. The Morgan fingerprint density at radius 2 is 1.02 bits per heavy atom. The lowest BCUT2D eigenvalue weighted by Crippen LogP contribution is -2.34. The van der Waals surface area contributed by atoms with Crippen molar-refractivity contribution < 1.29 is 23.8 Å². The van der Waals surface area contributed by atoms with Crippen LogP contribution >= 0.6 is 12.2 Å². The smallest absolute Gasteiger partial charge is 0.306 e. The van der Waals surface area contributed by atoms with E-state index in [1.54, 1.807) is 0 Å². The van der Waals surface area contributed by atoms with E-state index in [0.29, 0.717) is 38.6 Å². The summed E-state index contributed by atoms with van der Waals surface area (Å²) in [5.41, 5.74) is 0.293. The van der Waals surface area contributed by atoms with Crippen LogP contribution in [0.2, 0.25) is 0 Å². The standard InChI is InChI=1S/C48H89NO5S/c1-9-11-13-15-17-25-31-37-52-44(50)35-29-23-19-21-27-33-43(40-54-46(55)39-47(3,4)41-48(5,6)42-49(7)8)34-28-22-20-24-30-36-45(51)53-38-32-26-18-16-14-12-10-2/h25-26,31-32,43H,9-24,27-30,33-42H2,1-8H3. The second-order valence-electron chi connectivity index (χ2n) is 18.1. The summed E-state index contributed by atoms with van der Waals surface area (Å²) in [5, 5.41) is 0.749. The molecule has 0 aromatic heterocycles. The number of ether oxygens (including phenoxy) is 3. The van der Waals surface area contributed by atoms with Crippen molar-refractivity contribution in [2.24, 2.45) is 16.7 Å². The second-order valence-corrected chi connectivity index (χ2v) is 18.5. The summed E-state index contributed by atoms with van der Waals surface area (Å²) in [6.45, 7) is 16.3. The van der Waals surface area contributed by atoms with Crippen molar-refractivity contribution in [1.82, 2.24) is 4.90 Å². The molecule has 0 fully saturated rings. The van der Waals surface area contributed by atoms with Crippen LogP contribution in [0.25, 0.3) is 0 Å². The average Bonchev–Trinajstić information content (AvgIpc) is 3.10. The zero-order valence-corrected chi connectivity index (χ0v) is 38.3. The minimum Gasteiger partial charge on any atom is -0.487 e. The van der Waals surface area contributed by atoms with Crippen LogP contribution in [-0.4, -0.2) is 62.3 Å². The largest absolute Gasteiger partial charge is 0.487 e. The van der Waals surface area contributed by atoms with Crippen molar-refractivity contribution in [2.75, 3.05) is 40.5 Å². The Hall–Kier alpha value is -1.73. The lowest BCUT2D eigenvalue weighted by molar-refractivity contribution is -0.143. The van der Waals surface area contributed by atoms with E-state index in [1.165, 1.54) is 77.0 Å². The van der Waals surface area contributed by atoms with Gasteiger partial charge in [0, 0.05) is 25.8 Å². The molecule has 322 valence electrons. The fraction of sp³-hybridized carbons (Fsp3) is 0.854. The molecule has 0 rings (SSSR count). The zero-order chi connectivity index (χ0) is 41.0. The van der Waals surface area contributed by atoms with Crippen LogP contribution in [-0.2, 0) is 23.8 Å². The summed E-state index contributed by atoms with van der Waals surface area (Å²) in [4.78, 5) is 26.5. The monoisotopic (exact) mass is 792 g/mol. The SMILES string of the molecule is CCCCCCC=CCOC(=O)CCCCCCCC(CCCCCCCC(=O)OCC=CCCCCCC)COC(=S)CC(C)(C)CC(C)(C)CN(C)C. The molecule has 0 aliphatic carbocycles. The molecule has 0 saturated heterocycles. The summed E-state index contributed by atoms with van der Waals surface area (Å²) in [6, 6.07) is 0.